The van der Waals surface area contributed by atoms with Crippen LogP contribution in [0.25, 0.3) is 0 Å². The predicted octanol–water partition coefficient (Wildman–Crippen LogP) is 2.64. The van der Waals surface area contributed by atoms with Crippen molar-refractivity contribution in [3.63, 3.8) is 0 Å². The van der Waals surface area contributed by atoms with Crippen molar-refractivity contribution in [1.29, 1.82) is 0 Å². The molecule has 0 aromatic heterocycles. The maximum absolute atomic E-state index is 13.4. The molecule has 0 spiro atoms. The summed E-state index contributed by atoms with van der Waals surface area (Å²) in [6, 6.07) is 12.1. The molecule has 0 bridgehead atoms. The number of halogens is 2. The van der Waals surface area contributed by atoms with Crippen molar-refractivity contribution in [2.24, 2.45) is 5.73 Å². The van der Waals surface area contributed by atoms with Crippen LogP contribution in [0, 0.1) is 11.6 Å². The molecule has 1 heterocycles. The van der Waals surface area contributed by atoms with Crippen LogP contribution in [0.1, 0.15) is 18.1 Å². The zero-order valence-electron chi connectivity index (χ0n) is 13.0. The van der Waals surface area contributed by atoms with E-state index in [2.05, 4.69) is 0 Å². The number of nitrogens with zero attached hydrogens (tertiary/aromatic N) is 1. The number of rotatable bonds is 4. The number of ether oxygens (including phenoxy) is 1. The molecular weight excluding hydrogens is 314 g/mol. The van der Waals surface area contributed by atoms with Crippen LogP contribution in [-0.2, 0) is 4.79 Å². The van der Waals surface area contributed by atoms with E-state index in [9.17, 15) is 13.6 Å². The first-order chi connectivity index (χ1) is 11.5. The third kappa shape index (κ3) is 3.54. The van der Waals surface area contributed by atoms with Crippen molar-refractivity contribution in [2.75, 3.05) is 13.1 Å². The van der Waals surface area contributed by atoms with Crippen molar-refractivity contribution in [2.45, 2.75) is 18.6 Å². The molecule has 1 aliphatic heterocycles. The van der Waals surface area contributed by atoms with Crippen LogP contribution in [0.15, 0.2) is 48.5 Å². The molecule has 1 saturated heterocycles. The number of hydrogen-bond acceptors (Lipinski definition) is 3. The van der Waals surface area contributed by atoms with E-state index in [-0.39, 0.29) is 17.7 Å². The highest BCUT2D eigenvalue weighted by Gasteiger charge is 2.32. The van der Waals surface area contributed by atoms with Gasteiger partial charge in [-0.2, -0.15) is 0 Å². The summed E-state index contributed by atoms with van der Waals surface area (Å²) in [6.45, 7) is 1.02. The Bertz CT molecular complexity index is 724. The SMILES string of the molecule is N[C@@H]1CCN(C(=O)C(Oc2ccc(F)c(F)c2)c2ccccc2)C1. The normalized spacial score (nSPS) is 18.5. The lowest BCUT2D eigenvalue weighted by molar-refractivity contribution is -0.138. The molecule has 3 rings (SSSR count). The van der Waals surface area contributed by atoms with Gasteiger partial charge in [-0.25, -0.2) is 8.78 Å². The van der Waals surface area contributed by atoms with Gasteiger partial charge in [0, 0.05) is 30.8 Å². The van der Waals surface area contributed by atoms with Gasteiger partial charge in [0.25, 0.3) is 5.91 Å². The van der Waals surface area contributed by atoms with E-state index in [1.54, 1.807) is 29.2 Å². The van der Waals surface area contributed by atoms with Gasteiger partial charge in [-0.1, -0.05) is 30.3 Å². The molecule has 0 radical (unpaired) electrons. The summed E-state index contributed by atoms with van der Waals surface area (Å²) < 4.78 is 32.2. The third-order valence-electron chi connectivity index (χ3n) is 4.01. The Kier molecular flexibility index (Phi) is 4.76. The van der Waals surface area contributed by atoms with Gasteiger partial charge < -0.3 is 15.4 Å². The van der Waals surface area contributed by atoms with Crippen LogP contribution in [0.3, 0.4) is 0 Å². The Labute approximate surface area is 138 Å². The van der Waals surface area contributed by atoms with E-state index in [0.29, 0.717) is 18.7 Å². The summed E-state index contributed by atoms with van der Waals surface area (Å²) in [4.78, 5) is 14.5. The van der Waals surface area contributed by atoms with Crippen molar-refractivity contribution < 1.29 is 18.3 Å². The fourth-order valence-corrected chi connectivity index (χ4v) is 2.73. The minimum atomic E-state index is -1.02. The highest BCUT2D eigenvalue weighted by Crippen LogP contribution is 2.26. The molecule has 1 amide bonds. The monoisotopic (exact) mass is 332 g/mol. The smallest absolute Gasteiger partial charge is 0.268 e. The van der Waals surface area contributed by atoms with Gasteiger partial charge in [0.05, 0.1) is 0 Å². The molecule has 2 aromatic carbocycles. The van der Waals surface area contributed by atoms with Crippen LogP contribution in [0.5, 0.6) is 5.75 Å². The Hall–Kier alpha value is -2.47. The Balaban J connectivity index is 1.87. The second-order valence-electron chi connectivity index (χ2n) is 5.82. The van der Waals surface area contributed by atoms with Crippen LogP contribution >= 0.6 is 0 Å². The molecule has 1 unspecified atom stereocenters. The Morgan fingerprint density at radius 1 is 1.17 bits per heavy atom. The summed E-state index contributed by atoms with van der Waals surface area (Å²) in [6.07, 6.45) is -0.195. The molecule has 0 saturated carbocycles. The van der Waals surface area contributed by atoms with Gasteiger partial charge in [0.15, 0.2) is 11.6 Å². The molecule has 4 nitrogen and oxygen atoms in total. The molecule has 1 aliphatic rings. The van der Waals surface area contributed by atoms with Crippen LogP contribution in [0.2, 0.25) is 0 Å². The largest absolute Gasteiger partial charge is 0.476 e. The Morgan fingerprint density at radius 2 is 1.92 bits per heavy atom. The molecule has 2 N–H and O–H groups in total. The van der Waals surface area contributed by atoms with E-state index in [1.807, 2.05) is 6.07 Å². The molecular formula is C18H18F2N2O2. The third-order valence-corrected chi connectivity index (χ3v) is 4.01. The fourth-order valence-electron chi connectivity index (χ4n) is 2.73. The van der Waals surface area contributed by atoms with Crippen LogP contribution in [-0.4, -0.2) is 29.9 Å². The van der Waals surface area contributed by atoms with Crippen LogP contribution < -0.4 is 10.5 Å². The summed E-state index contributed by atoms with van der Waals surface area (Å²) in [5, 5.41) is 0. The number of nitrogens with two attached hydrogens (primary N) is 1. The standard InChI is InChI=1S/C18H18F2N2O2/c19-15-7-6-14(10-16(15)20)24-17(12-4-2-1-3-5-12)18(23)22-9-8-13(21)11-22/h1-7,10,13,17H,8-9,11,21H2/t13-,17?/m1/s1. The summed E-state index contributed by atoms with van der Waals surface area (Å²) in [5.41, 5.74) is 6.51. The van der Waals surface area contributed by atoms with E-state index in [0.717, 1.165) is 18.6 Å². The second kappa shape index (κ2) is 6.97. The maximum atomic E-state index is 13.4. The van der Waals surface area contributed by atoms with Gasteiger partial charge in [-0.3, -0.25) is 4.79 Å². The van der Waals surface area contributed by atoms with Gasteiger partial charge in [-0.05, 0) is 18.6 Å². The summed E-state index contributed by atoms with van der Waals surface area (Å²) in [5.74, 6) is -2.12. The van der Waals surface area contributed by atoms with E-state index in [4.69, 9.17) is 10.5 Å². The van der Waals surface area contributed by atoms with Gasteiger partial charge in [-0.15, -0.1) is 0 Å². The fraction of sp³-hybridized carbons (Fsp3) is 0.278. The first-order valence-corrected chi connectivity index (χ1v) is 7.75. The molecule has 2 aromatic rings. The molecule has 6 heteroatoms. The molecule has 1 fully saturated rings. The average molecular weight is 332 g/mol. The van der Waals surface area contributed by atoms with E-state index >= 15 is 0 Å². The highest BCUT2D eigenvalue weighted by molar-refractivity contribution is 5.83. The zero-order chi connectivity index (χ0) is 17.1. The van der Waals surface area contributed by atoms with Crippen molar-refractivity contribution in [1.82, 2.24) is 4.90 Å². The van der Waals surface area contributed by atoms with E-state index < -0.39 is 17.7 Å². The van der Waals surface area contributed by atoms with Gasteiger partial charge in [0.1, 0.15) is 5.75 Å². The maximum Gasteiger partial charge on any atom is 0.268 e. The summed E-state index contributed by atoms with van der Waals surface area (Å²) in [7, 11) is 0. The quantitative estimate of drug-likeness (QED) is 0.936. The van der Waals surface area contributed by atoms with Crippen molar-refractivity contribution in [3.8, 4) is 5.75 Å². The second-order valence-corrected chi connectivity index (χ2v) is 5.82. The minimum absolute atomic E-state index is 0.0476. The number of carbonyl (C=O) groups is 1. The predicted molar refractivity (Wildman–Crippen MR) is 85.3 cm³/mol. The number of benzene rings is 2. The lowest BCUT2D eigenvalue weighted by Crippen LogP contribution is -2.37. The molecule has 2 atom stereocenters. The lowest BCUT2D eigenvalue weighted by atomic mass is 10.1. The average Bonchev–Trinajstić information content (AvgIpc) is 3.02. The Morgan fingerprint density at radius 3 is 2.54 bits per heavy atom. The highest BCUT2D eigenvalue weighted by atomic mass is 19.2. The van der Waals surface area contributed by atoms with Crippen molar-refractivity contribution >= 4 is 5.91 Å². The van der Waals surface area contributed by atoms with Gasteiger partial charge in [0.2, 0.25) is 6.10 Å². The number of likely N-dealkylation sites (tertiary alicyclic amines) is 1. The number of carbonyl (C=O) groups excluding carboxylic acids is 1. The topological polar surface area (TPSA) is 55.6 Å². The first kappa shape index (κ1) is 16.4. The van der Waals surface area contributed by atoms with E-state index in [1.165, 1.54) is 6.07 Å². The number of hydrogen-bond donors (Lipinski definition) is 1. The minimum Gasteiger partial charge on any atom is -0.476 e. The summed E-state index contributed by atoms with van der Waals surface area (Å²) >= 11 is 0. The molecule has 126 valence electrons. The number of amides is 1. The first-order valence-electron chi connectivity index (χ1n) is 7.75. The molecule has 24 heavy (non-hydrogen) atoms. The van der Waals surface area contributed by atoms with Gasteiger partial charge >= 0.3 is 0 Å². The molecule has 0 aliphatic carbocycles. The van der Waals surface area contributed by atoms with Crippen molar-refractivity contribution in [3.05, 3.63) is 65.7 Å². The lowest BCUT2D eigenvalue weighted by Gasteiger charge is -2.24. The zero-order valence-corrected chi connectivity index (χ0v) is 13.0. The van der Waals surface area contributed by atoms with Crippen LogP contribution in [0.4, 0.5) is 8.78 Å².